The molecule has 2 atom stereocenters. The zero-order valence-electron chi connectivity index (χ0n) is 11.5. The first-order valence-electron chi connectivity index (χ1n) is 7.00. The topological polar surface area (TPSA) is 65.1 Å². The zero-order chi connectivity index (χ0) is 14.8. The third-order valence-electron chi connectivity index (χ3n) is 3.83. The second-order valence-electron chi connectivity index (χ2n) is 5.42. The standard InChI is InChI=1S/C16H17BrN2O2/c17-12-2-4-14-11(8-18-15(14)7-12)6-16(21)19-13-3-1-10(5-13)9-20/h1-4,7-8,10,13,18,20H,5-6,9H2,(H,19,21)/t10-,13+/m0/s1. The number of carbonyl (C=O) groups excluding carboxylic acids is 1. The molecule has 0 fully saturated rings. The van der Waals surface area contributed by atoms with Crippen LogP contribution in [0.15, 0.2) is 41.0 Å². The lowest BCUT2D eigenvalue weighted by Crippen LogP contribution is -2.34. The number of aromatic nitrogens is 1. The number of amides is 1. The molecule has 0 unspecified atom stereocenters. The Balaban J connectivity index is 1.65. The van der Waals surface area contributed by atoms with Crippen LogP contribution in [0.4, 0.5) is 0 Å². The van der Waals surface area contributed by atoms with Gasteiger partial charge in [0.15, 0.2) is 0 Å². The molecule has 0 saturated carbocycles. The Kier molecular flexibility index (Phi) is 4.12. The van der Waals surface area contributed by atoms with Gasteiger partial charge in [-0.3, -0.25) is 4.79 Å². The van der Waals surface area contributed by atoms with E-state index in [-0.39, 0.29) is 24.5 Å². The number of carbonyl (C=O) groups is 1. The van der Waals surface area contributed by atoms with Crippen molar-refractivity contribution in [1.29, 1.82) is 0 Å². The average Bonchev–Trinajstić information content (AvgIpc) is 3.06. The van der Waals surface area contributed by atoms with Gasteiger partial charge >= 0.3 is 0 Å². The molecule has 110 valence electrons. The molecule has 1 aromatic heterocycles. The largest absolute Gasteiger partial charge is 0.396 e. The minimum atomic E-state index is 0.00654. The van der Waals surface area contributed by atoms with Gasteiger partial charge in [0.05, 0.1) is 6.42 Å². The lowest BCUT2D eigenvalue weighted by atomic mass is 10.1. The van der Waals surface area contributed by atoms with Gasteiger partial charge in [0.1, 0.15) is 0 Å². The zero-order valence-corrected chi connectivity index (χ0v) is 13.1. The van der Waals surface area contributed by atoms with Crippen LogP contribution in [0, 0.1) is 5.92 Å². The molecule has 0 aliphatic heterocycles. The maximum atomic E-state index is 12.1. The second kappa shape index (κ2) is 6.03. The number of benzene rings is 1. The van der Waals surface area contributed by atoms with E-state index >= 15 is 0 Å². The van der Waals surface area contributed by atoms with E-state index in [1.54, 1.807) is 0 Å². The number of fused-ring (bicyclic) bond motifs is 1. The highest BCUT2D eigenvalue weighted by atomic mass is 79.9. The van der Waals surface area contributed by atoms with Crippen LogP contribution >= 0.6 is 15.9 Å². The van der Waals surface area contributed by atoms with Crippen molar-refractivity contribution < 1.29 is 9.90 Å². The van der Waals surface area contributed by atoms with Crippen molar-refractivity contribution in [3.63, 3.8) is 0 Å². The summed E-state index contributed by atoms with van der Waals surface area (Å²) in [5, 5.41) is 13.2. The summed E-state index contributed by atoms with van der Waals surface area (Å²) in [6.45, 7) is 0.139. The number of H-pyrrole nitrogens is 1. The summed E-state index contributed by atoms with van der Waals surface area (Å²) in [6, 6.07) is 6.02. The van der Waals surface area contributed by atoms with E-state index in [1.165, 1.54) is 0 Å². The number of halogens is 1. The minimum Gasteiger partial charge on any atom is -0.396 e. The molecule has 1 aromatic carbocycles. The summed E-state index contributed by atoms with van der Waals surface area (Å²) in [4.78, 5) is 15.3. The number of aliphatic hydroxyl groups is 1. The summed E-state index contributed by atoms with van der Waals surface area (Å²) in [5.74, 6) is 0.174. The van der Waals surface area contributed by atoms with Gasteiger partial charge in [-0.1, -0.05) is 34.1 Å². The number of aliphatic hydroxyl groups excluding tert-OH is 1. The molecule has 21 heavy (non-hydrogen) atoms. The van der Waals surface area contributed by atoms with Crippen LogP contribution in [0.5, 0.6) is 0 Å². The monoisotopic (exact) mass is 348 g/mol. The van der Waals surface area contributed by atoms with Crippen molar-refractivity contribution in [3.8, 4) is 0 Å². The fraction of sp³-hybridized carbons (Fsp3) is 0.312. The normalized spacial score (nSPS) is 21.0. The molecular weight excluding hydrogens is 332 g/mol. The average molecular weight is 349 g/mol. The molecule has 1 aliphatic carbocycles. The molecular formula is C16H17BrN2O2. The van der Waals surface area contributed by atoms with Crippen molar-refractivity contribution in [1.82, 2.24) is 10.3 Å². The van der Waals surface area contributed by atoms with E-state index in [2.05, 4.69) is 26.2 Å². The van der Waals surface area contributed by atoms with Gasteiger partial charge in [0, 0.05) is 40.1 Å². The smallest absolute Gasteiger partial charge is 0.224 e. The lowest BCUT2D eigenvalue weighted by Gasteiger charge is -2.12. The molecule has 1 amide bonds. The highest BCUT2D eigenvalue weighted by molar-refractivity contribution is 9.10. The Labute approximate surface area is 131 Å². The molecule has 4 nitrogen and oxygen atoms in total. The van der Waals surface area contributed by atoms with Crippen molar-refractivity contribution in [2.75, 3.05) is 6.61 Å². The number of rotatable bonds is 4. The third-order valence-corrected chi connectivity index (χ3v) is 4.33. The Morgan fingerprint density at radius 2 is 2.29 bits per heavy atom. The summed E-state index contributed by atoms with van der Waals surface area (Å²) in [6.07, 6.45) is 6.95. The van der Waals surface area contributed by atoms with E-state index in [0.717, 1.165) is 27.4 Å². The predicted octanol–water partition coefficient (Wildman–Crippen LogP) is 2.53. The molecule has 2 aromatic rings. The van der Waals surface area contributed by atoms with Crippen molar-refractivity contribution in [2.45, 2.75) is 18.9 Å². The fourth-order valence-corrected chi connectivity index (χ4v) is 3.11. The van der Waals surface area contributed by atoms with Crippen LogP contribution in [0.1, 0.15) is 12.0 Å². The van der Waals surface area contributed by atoms with E-state index < -0.39 is 0 Å². The summed E-state index contributed by atoms with van der Waals surface area (Å²) < 4.78 is 1.01. The number of aromatic amines is 1. The first-order chi connectivity index (χ1) is 10.2. The molecule has 1 aliphatic rings. The maximum Gasteiger partial charge on any atom is 0.224 e. The van der Waals surface area contributed by atoms with Crippen LogP contribution in [0.3, 0.4) is 0 Å². The molecule has 5 heteroatoms. The van der Waals surface area contributed by atoms with Gasteiger partial charge in [-0.05, 0) is 24.1 Å². The predicted molar refractivity (Wildman–Crippen MR) is 86.0 cm³/mol. The molecule has 0 spiro atoms. The van der Waals surface area contributed by atoms with E-state index in [9.17, 15) is 4.79 Å². The fourth-order valence-electron chi connectivity index (χ4n) is 2.75. The van der Waals surface area contributed by atoms with Crippen LogP contribution in [0.25, 0.3) is 10.9 Å². The molecule has 3 rings (SSSR count). The van der Waals surface area contributed by atoms with E-state index in [4.69, 9.17) is 5.11 Å². The lowest BCUT2D eigenvalue weighted by molar-refractivity contribution is -0.120. The van der Waals surface area contributed by atoms with Gasteiger partial charge < -0.3 is 15.4 Å². The quantitative estimate of drug-likeness (QED) is 0.743. The SMILES string of the molecule is O=C(Cc1c[nH]c2cc(Br)ccc12)N[C@@H]1C=C[C@H](CO)C1. The summed E-state index contributed by atoms with van der Waals surface area (Å²) >= 11 is 3.44. The number of hydrogen-bond acceptors (Lipinski definition) is 2. The van der Waals surface area contributed by atoms with Crippen molar-refractivity contribution in [2.24, 2.45) is 5.92 Å². The van der Waals surface area contributed by atoms with Gasteiger partial charge in [0.2, 0.25) is 5.91 Å². The Morgan fingerprint density at radius 3 is 3.05 bits per heavy atom. The first-order valence-corrected chi connectivity index (χ1v) is 7.79. The Bertz CT molecular complexity index is 693. The van der Waals surface area contributed by atoms with Crippen molar-refractivity contribution >= 4 is 32.7 Å². The van der Waals surface area contributed by atoms with Crippen LogP contribution in [0.2, 0.25) is 0 Å². The number of hydrogen-bond donors (Lipinski definition) is 3. The Hall–Kier alpha value is -1.59. The molecule has 3 N–H and O–H groups in total. The molecule has 0 bridgehead atoms. The van der Waals surface area contributed by atoms with Crippen LogP contribution in [-0.2, 0) is 11.2 Å². The minimum absolute atomic E-state index is 0.00654. The summed E-state index contributed by atoms with van der Waals surface area (Å²) in [7, 11) is 0. The van der Waals surface area contributed by atoms with Gasteiger partial charge in [-0.15, -0.1) is 0 Å². The van der Waals surface area contributed by atoms with Crippen molar-refractivity contribution in [3.05, 3.63) is 46.6 Å². The highest BCUT2D eigenvalue weighted by Crippen LogP contribution is 2.23. The highest BCUT2D eigenvalue weighted by Gasteiger charge is 2.20. The number of nitrogens with one attached hydrogen (secondary N) is 2. The van der Waals surface area contributed by atoms with Gasteiger partial charge in [0.25, 0.3) is 0 Å². The summed E-state index contributed by atoms with van der Waals surface area (Å²) in [5.41, 5.74) is 2.02. The van der Waals surface area contributed by atoms with Gasteiger partial charge in [-0.25, -0.2) is 0 Å². The molecule has 0 radical (unpaired) electrons. The second-order valence-corrected chi connectivity index (χ2v) is 6.33. The van der Waals surface area contributed by atoms with Gasteiger partial charge in [-0.2, -0.15) is 0 Å². The van der Waals surface area contributed by atoms with E-state index in [0.29, 0.717) is 6.42 Å². The maximum absolute atomic E-state index is 12.1. The molecule has 1 heterocycles. The third kappa shape index (κ3) is 3.19. The molecule has 0 saturated heterocycles. The van der Waals surface area contributed by atoms with Crippen LogP contribution < -0.4 is 5.32 Å². The first kappa shape index (κ1) is 14.4. The van der Waals surface area contributed by atoms with E-state index in [1.807, 2.05) is 36.5 Å². The van der Waals surface area contributed by atoms with Crippen LogP contribution in [-0.4, -0.2) is 28.6 Å². The Morgan fingerprint density at radius 1 is 1.43 bits per heavy atom.